The Labute approximate surface area is 105 Å². The summed E-state index contributed by atoms with van der Waals surface area (Å²) in [5, 5.41) is 0. The van der Waals surface area contributed by atoms with E-state index < -0.39 is 21.2 Å². The second-order valence-electron chi connectivity index (χ2n) is 3.31. The molecular weight excluding hydrogens is 265 g/mol. The Kier molecular flexibility index (Phi) is 2.56. The molecule has 6 heteroatoms. The van der Waals surface area contributed by atoms with Crippen LogP contribution in [0.25, 0.3) is 0 Å². The molecule has 0 spiro atoms. The first-order chi connectivity index (χ1) is 8.73. The topological polar surface area (TPSA) is 49.9 Å². The zero-order valence-corrected chi connectivity index (χ0v) is 10.0. The molecule has 2 aromatic rings. The minimum Gasteiger partial charge on any atom is -0.366 e. The number of hydrogen-bond acceptors (Lipinski definition) is 2. The third-order valence-corrected chi connectivity index (χ3v) is 3.44. The van der Waals surface area contributed by atoms with Crippen LogP contribution in [0.4, 0.5) is 4.39 Å². The Hall–Kier alpha value is -1.33. The number of nitrogens with one attached hydrogen (secondary N) is 1. The highest BCUT2D eigenvalue weighted by Crippen LogP contribution is 2.22. The van der Waals surface area contributed by atoms with Crippen molar-refractivity contribution < 1.29 is 15.5 Å². The van der Waals surface area contributed by atoms with Gasteiger partial charge in [-0.1, -0.05) is 12.1 Å². The number of aromatic nitrogens is 1. The number of H-pyrrole nitrogens is 1. The van der Waals surface area contributed by atoms with Crippen LogP contribution in [0.2, 0.25) is 0 Å². The van der Waals surface area contributed by atoms with E-state index in [0.29, 0.717) is 0 Å². The molecule has 0 aliphatic rings. The first-order valence-electron chi connectivity index (χ1n) is 5.61. The fourth-order valence-corrected chi connectivity index (χ4v) is 2.34. The predicted molar refractivity (Wildman–Crippen MR) is 63.0 cm³/mol. The lowest BCUT2D eigenvalue weighted by atomic mass is 10.1. The molecule has 0 saturated carbocycles. The summed E-state index contributed by atoms with van der Waals surface area (Å²) in [5.74, 6) is -0.604. The average molecular weight is 276 g/mol. The largest absolute Gasteiger partial charge is 0.366 e. The summed E-state index contributed by atoms with van der Waals surface area (Å²) < 4.78 is 51.9. The SMILES string of the molecule is [2H]C([2H])(c1cccc(F)c1)c1c[nH]cc1S(=O)(=O)Cl. The third-order valence-electron chi connectivity index (χ3n) is 2.07. The molecule has 0 aliphatic heterocycles. The molecule has 2 rings (SSSR count). The summed E-state index contributed by atoms with van der Waals surface area (Å²) in [6.07, 6.45) is 0.106. The van der Waals surface area contributed by atoms with Crippen molar-refractivity contribution in [3.8, 4) is 0 Å². The van der Waals surface area contributed by atoms with Gasteiger partial charge < -0.3 is 4.98 Å². The lowest BCUT2D eigenvalue weighted by molar-refractivity contribution is 0.609. The zero-order valence-electron chi connectivity index (χ0n) is 10.4. The van der Waals surface area contributed by atoms with Gasteiger partial charge in [-0.25, -0.2) is 12.8 Å². The molecule has 1 N–H and O–H groups in total. The zero-order chi connectivity index (χ0) is 14.3. The normalized spacial score (nSPS) is 14.2. The maximum atomic E-state index is 13.2. The lowest BCUT2D eigenvalue weighted by Gasteiger charge is -2.01. The Morgan fingerprint density at radius 3 is 2.82 bits per heavy atom. The molecule has 1 heterocycles. The molecule has 0 unspecified atom stereocenters. The van der Waals surface area contributed by atoms with Crippen LogP contribution in [-0.2, 0) is 15.4 Å². The van der Waals surface area contributed by atoms with E-state index in [-0.39, 0.29) is 16.0 Å². The monoisotopic (exact) mass is 275 g/mol. The van der Waals surface area contributed by atoms with Crippen LogP contribution in [0.1, 0.15) is 13.9 Å². The predicted octanol–water partition coefficient (Wildman–Crippen LogP) is 2.67. The van der Waals surface area contributed by atoms with E-state index in [0.717, 1.165) is 12.3 Å². The van der Waals surface area contributed by atoms with Gasteiger partial charge in [0.1, 0.15) is 10.7 Å². The summed E-state index contributed by atoms with van der Waals surface area (Å²) in [5.41, 5.74) is -0.151. The highest BCUT2D eigenvalue weighted by molar-refractivity contribution is 8.13. The van der Waals surface area contributed by atoms with E-state index in [4.69, 9.17) is 13.4 Å². The quantitative estimate of drug-likeness (QED) is 0.876. The van der Waals surface area contributed by atoms with Crippen LogP contribution in [0, 0.1) is 5.82 Å². The van der Waals surface area contributed by atoms with Crippen molar-refractivity contribution in [3.63, 3.8) is 0 Å². The van der Waals surface area contributed by atoms with Gasteiger partial charge in [0.05, 0.1) is 0 Å². The maximum Gasteiger partial charge on any atom is 0.263 e. The number of hydrogen-bond donors (Lipinski definition) is 1. The molecule has 1 aromatic heterocycles. The van der Waals surface area contributed by atoms with E-state index in [1.165, 1.54) is 24.4 Å². The lowest BCUT2D eigenvalue weighted by Crippen LogP contribution is -1.95. The molecule has 0 atom stereocenters. The summed E-state index contributed by atoms with van der Waals surface area (Å²) in [4.78, 5) is 2.14. The van der Waals surface area contributed by atoms with Crippen LogP contribution in [0.3, 0.4) is 0 Å². The second-order valence-corrected chi connectivity index (χ2v) is 5.84. The average Bonchev–Trinajstić information content (AvgIpc) is 2.78. The maximum absolute atomic E-state index is 13.2. The summed E-state index contributed by atoms with van der Waals surface area (Å²) in [6, 6.07) is 4.91. The van der Waals surface area contributed by atoms with Crippen LogP contribution in [0.5, 0.6) is 0 Å². The molecule has 17 heavy (non-hydrogen) atoms. The number of rotatable bonds is 3. The van der Waals surface area contributed by atoms with Crippen molar-refractivity contribution in [1.29, 1.82) is 0 Å². The molecule has 0 bridgehead atoms. The van der Waals surface area contributed by atoms with Crippen LogP contribution in [0.15, 0.2) is 41.6 Å². The van der Waals surface area contributed by atoms with Crippen molar-refractivity contribution in [3.05, 3.63) is 53.6 Å². The van der Waals surface area contributed by atoms with Crippen LogP contribution < -0.4 is 0 Å². The van der Waals surface area contributed by atoms with Crippen LogP contribution in [-0.4, -0.2) is 13.4 Å². The van der Waals surface area contributed by atoms with Crippen molar-refractivity contribution in [2.24, 2.45) is 0 Å². The molecule has 0 fully saturated rings. The number of aromatic amines is 1. The molecule has 1 aromatic carbocycles. The number of halogens is 2. The van der Waals surface area contributed by atoms with Crippen molar-refractivity contribution >= 4 is 19.7 Å². The molecule has 0 radical (unpaired) electrons. The fraction of sp³-hybridized carbons (Fsp3) is 0.0909. The van der Waals surface area contributed by atoms with Crippen LogP contribution >= 0.6 is 10.7 Å². The standard InChI is InChI=1S/C11H9ClFNO2S/c12-17(15,16)11-7-14-6-9(11)4-8-2-1-3-10(13)5-8/h1-3,5-7,14H,4H2/i4D2. The van der Waals surface area contributed by atoms with Gasteiger partial charge in [-0.3, -0.25) is 0 Å². The Bertz CT molecular complexity index is 715. The van der Waals surface area contributed by atoms with Gasteiger partial charge in [-0.15, -0.1) is 0 Å². The molecular formula is C11H9ClFNO2S. The van der Waals surface area contributed by atoms with Crippen molar-refractivity contribution in [2.75, 3.05) is 0 Å². The minimum atomic E-state index is -4.08. The molecule has 0 amide bonds. The highest BCUT2D eigenvalue weighted by atomic mass is 35.7. The van der Waals surface area contributed by atoms with E-state index >= 15 is 0 Å². The Morgan fingerprint density at radius 1 is 1.41 bits per heavy atom. The first kappa shape index (κ1) is 9.67. The third kappa shape index (κ3) is 2.87. The Morgan fingerprint density at radius 2 is 2.18 bits per heavy atom. The summed E-state index contributed by atoms with van der Waals surface area (Å²) in [7, 11) is 1.16. The summed E-state index contributed by atoms with van der Waals surface area (Å²) >= 11 is 0. The van der Waals surface area contributed by atoms with Gasteiger partial charge >= 0.3 is 0 Å². The molecule has 3 nitrogen and oxygen atoms in total. The summed E-state index contributed by atoms with van der Waals surface area (Å²) in [6.45, 7) is 0. The minimum absolute atomic E-state index is 0.00802. The van der Waals surface area contributed by atoms with Crippen molar-refractivity contribution in [1.82, 2.24) is 4.98 Å². The van der Waals surface area contributed by atoms with Gasteiger partial charge in [-0.05, 0) is 23.3 Å². The second kappa shape index (κ2) is 4.50. The Balaban J connectivity index is 2.61. The van der Waals surface area contributed by atoms with Gasteiger partial charge in [0.15, 0.2) is 0 Å². The van der Waals surface area contributed by atoms with E-state index in [1.54, 1.807) is 0 Å². The van der Waals surface area contributed by atoms with E-state index in [9.17, 15) is 12.8 Å². The number of benzene rings is 1. The molecule has 90 valence electrons. The smallest absolute Gasteiger partial charge is 0.263 e. The van der Waals surface area contributed by atoms with Crippen molar-refractivity contribution in [2.45, 2.75) is 11.3 Å². The highest BCUT2D eigenvalue weighted by Gasteiger charge is 2.16. The van der Waals surface area contributed by atoms with E-state index in [1.807, 2.05) is 0 Å². The van der Waals surface area contributed by atoms with E-state index in [2.05, 4.69) is 4.98 Å². The van der Waals surface area contributed by atoms with Gasteiger partial charge in [-0.2, -0.15) is 0 Å². The molecule has 0 saturated heterocycles. The van der Waals surface area contributed by atoms with Gasteiger partial charge in [0.25, 0.3) is 9.05 Å². The first-order valence-corrected chi connectivity index (χ1v) is 6.92. The van der Waals surface area contributed by atoms with Gasteiger partial charge in [0, 0.05) is 32.2 Å². The van der Waals surface area contributed by atoms with Gasteiger partial charge in [0.2, 0.25) is 0 Å². The molecule has 0 aliphatic carbocycles. The fourth-order valence-electron chi connectivity index (χ4n) is 1.37.